The van der Waals surface area contributed by atoms with E-state index >= 15 is 0 Å². The molecule has 1 atom stereocenters. The lowest BCUT2D eigenvalue weighted by Gasteiger charge is -2.29. The molecule has 0 aliphatic carbocycles. The van der Waals surface area contributed by atoms with Crippen LogP contribution in [0.1, 0.15) is 27.2 Å². The Morgan fingerprint density at radius 3 is 2.63 bits per heavy atom. The van der Waals surface area contributed by atoms with Crippen molar-refractivity contribution in [2.24, 2.45) is 5.92 Å². The van der Waals surface area contributed by atoms with Gasteiger partial charge in [-0.25, -0.2) is 0 Å². The van der Waals surface area contributed by atoms with Crippen LogP contribution in [0.25, 0.3) is 10.9 Å². The molecule has 2 aromatic rings. The van der Waals surface area contributed by atoms with Gasteiger partial charge in [-0.05, 0) is 43.5 Å². The number of nitrogens with two attached hydrogens (primary N) is 1. The summed E-state index contributed by atoms with van der Waals surface area (Å²) in [6.45, 7) is 6.76. The fraction of sp³-hybridized carbons (Fsp3) is 0.438. The topological polar surface area (TPSA) is 42.1 Å². The molecule has 2 rings (SSSR count). The number of anilines is 2. The van der Waals surface area contributed by atoms with Crippen LogP contribution < -0.4 is 10.6 Å². The molecule has 0 spiro atoms. The third-order valence-corrected chi connectivity index (χ3v) is 3.64. The van der Waals surface area contributed by atoms with Crippen LogP contribution in [0.4, 0.5) is 11.4 Å². The van der Waals surface area contributed by atoms with Gasteiger partial charge < -0.3 is 10.6 Å². The lowest BCUT2D eigenvalue weighted by atomic mass is 10.0. The summed E-state index contributed by atoms with van der Waals surface area (Å²) in [7, 11) is 2.13. The van der Waals surface area contributed by atoms with E-state index in [0.29, 0.717) is 12.0 Å². The summed E-state index contributed by atoms with van der Waals surface area (Å²) in [5.74, 6) is 0.686. The first-order valence-electron chi connectivity index (χ1n) is 6.86. The summed E-state index contributed by atoms with van der Waals surface area (Å²) in [6.07, 6.45) is 2.99. The Bertz CT molecular complexity index is 563. The largest absolute Gasteiger partial charge is 0.398 e. The summed E-state index contributed by atoms with van der Waals surface area (Å²) < 4.78 is 0. The fourth-order valence-electron chi connectivity index (χ4n) is 2.54. The first-order valence-corrected chi connectivity index (χ1v) is 6.86. The summed E-state index contributed by atoms with van der Waals surface area (Å²) >= 11 is 0. The van der Waals surface area contributed by atoms with Crippen LogP contribution in [0.2, 0.25) is 0 Å². The molecule has 3 nitrogen and oxygen atoms in total. The maximum Gasteiger partial charge on any atom is 0.0955 e. The number of rotatable bonds is 4. The maximum atomic E-state index is 6.02. The molecule has 1 aromatic heterocycles. The smallest absolute Gasteiger partial charge is 0.0955 e. The summed E-state index contributed by atoms with van der Waals surface area (Å²) in [6, 6.07) is 8.48. The van der Waals surface area contributed by atoms with Crippen molar-refractivity contribution < 1.29 is 0 Å². The Morgan fingerprint density at radius 1 is 1.21 bits per heavy atom. The fourth-order valence-corrected chi connectivity index (χ4v) is 2.54. The number of nitrogens with zero attached hydrogens (tertiary/aromatic N) is 2. The average Bonchev–Trinajstić information content (AvgIpc) is 2.38. The van der Waals surface area contributed by atoms with Gasteiger partial charge in [0.15, 0.2) is 0 Å². The van der Waals surface area contributed by atoms with E-state index in [9.17, 15) is 0 Å². The van der Waals surface area contributed by atoms with E-state index in [1.54, 1.807) is 0 Å². The van der Waals surface area contributed by atoms with Crippen molar-refractivity contribution in [3.05, 3.63) is 30.5 Å². The monoisotopic (exact) mass is 257 g/mol. The molecular weight excluding hydrogens is 234 g/mol. The van der Waals surface area contributed by atoms with Crippen LogP contribution in [-0.2, 0) is 0 Å². The van der Waals surface area contributed by atoms with Gasteiger partial charge in [-0.1, -0.05) is 13.8 Å². The number of aromatic nitrogens is 1. The molecule has 2 N–H and O–H groups in total. The zero-order valence-corrected chi connectivity index (χ0v) is 12.2. The second kappa shape index (κ2) is 5.47. The number of pyridine rings is 1. The molecular formula is C16H23N3. The zero-order chi connectivity index (χ0) is 14.0. The number of fused-ring (bicyclic) bond motifs is 1. The Balaban J connectivity index is 2.42. The molecule has 102 valence electrons. The van der Waals surface area contributed by atoms with Crippen molar-refractivity contribution in [1.29, 1.82) is 0 Å². The summed E-state index contributed by atoms with van der Waals surface area (Å²) in [5, 5.41) is 1.03. The SMILES string of the molecule is CC(C)CC(C)N(C)c1ccc(N)c2cccnc12. The number of hydrogen-bond donors (Lipinski definition) is 1. The van der Waals surface area contributed by atoms with Crippen molar-refractivity contribution in [3.63, 3.8) is 0 Å². The van der Waals surface area contributed by atoms with Crippen LogP contribution in [-0.4, -0.2) is 18.1 Å². The van der Waals surface area contributed by atoms with Gasteiger partial charge in [-0.2, -0.15) is 0 Å². The number of hydrogen-bond acceptors (Lipinski definition) is 3. The van der Waals surface area contributed by atoms with Crippen LogP contribution >= 0.6 is 0 Å². The molecule has 0 radical (unpaired) electrons. The maximum absolute atomic E-state index is 6.02. The molecule has 19 heavy (non-hydrogen) atoms. The zero-order valence-electron chi connectivity index (χ0n) is 12.2. The first-order chi connectivity index (χ1) is 9.00. The second-order valence-electron chi connectivity index (χ2n) is 5.66. The summed E-state index contributed by atoms with van der Waals surface area (Å²) in [5.41, 5.74) is 8.95. The Hall–Kier alpha value is -1.77. The molecule has 3 heteroatoms. The van der Waals surface area contributed by atoms with Gasteiger partial charge in [0.25, 0.3) is 0 Å². The van der Waals surface area contributed by atoms with Crippen molar-refractivity contribution in [1.82, 2.24) is 4.98 Å². The van der Waals surface area contributed by atoms with Crippen molar-refractivity contribution in [2.45, 2.75) is 33.2 Å². The van der Waals surface area contributed by atoms with Gasteiger partial charge in [-0.15, -0.1) is 0 Å². The van der Waals surface area contributed by atoms with Gasteiger partial charge >= 0.3 is 0 Å². The second-order valence-corrected chi connectivity index (χ2v) is 5.66. The van der Waals surface area contributed by atoms with E-state index < -0.39 is 0 Å². The predicted molar refractivity (Wildman–Crippen MR) is 83.5 cm³/mol. The molecule has 1 aromatic carbocycles. The van der Waals surface area contributed by atoms with Gasteiger partial charge in [0.1, 0.15) is 0 Å². The van der Waals surface area contributed by atoms with Gasteiger partial charge in [-0.3, -0.25) is 4.98 Å². The Labute approximate surface area is 115 Å². The lowest BCUT2D eigenvalue weighted by molar-refractivity contribution is 0.504. The molecule has 0 fully saturated rings. The highest BCUT2D eigenvalue weighted by Gasteiger charge is 2.15. The standard InChI is InChI=1S/C16H23N3/c1-11(2)10-12(3)19(4)15-8-7-14(17)13-6-5-9-18-16(13)15/h5-9,11-12H,10,17H2,1-4H3. The van der Waals surface area contributed by atoms with Crippen LogP contribution in [0.15, 0.2) is 30.5 Å². The van der Waals surface area contributed by atoms with Crippen molar-refractivity contribution in [3.8, 4) is 0 Å². The third-order valence-electron chi connectivity index (χ3n) is 3.64. The molecule has 0 amide bonds. The molecule has 0 aliphatic heterocycles. The van der Waals surface area contributed by atoms with Crippen LogP contribution in [0, 0.1) is 5.92 Å². The molecule has 0 aliphatic rings. The lowest BCUT2D eigenvalue weighted by Crippen LogP contribution is -2.30. The highest BCUT2D eigenvalue weighted by atomic mass is 15.1. The molecule has 1 unspecified atom stereocenters. The van der Waals surface area contributed by atoms with E-state index in [-0.39, 0.29) is 0 Å². The third kappa shape index (κ3) is 2.80. The average molecular weight is 257 g/mol. The Morgan fingerprint density at radius 2 is 1.95 bits per heavy atom. The Kier molecular flexibility index (Phi) is 3.93. The van der Waals surface area contributed by atoms with Crippen LogP contribution in [0.3, 0.4) is 0 Å². The van der Waals surface area contributed by atoms with E-state index in [1.165, 1.54) is 0 Å². The quantitative estimate of drug-likeness (QED) is 0.849. The highest BCUT2D eigenvalue weighted by molar-refractivity contribution is 5.98. The van der Waals surface area contributed by atoms with Gasteiger partial charge in [0.2, 0.25) is 0 Å². The normalized spacial score (nSPS) is 12.9. The van der Waals surface area contributed by atoms with Gasteiger partial charge in [0.05, 0.1) is 11.2 Å². The van der Waals surface area contributed by atoms with Crippen LogP contribution in [0.5, 0.6) is 0 Å². The van der Waals surface area contributed by atoms with Crippen molar-refractivity contribution >= 4 is 22.3 Å². The minimum absolute atomic E-state index is 0.480. The van der Waals surface area contributed by atoms with E-state index in [0.717, 1.165) is 28.7 Å². The molecule has 0 saturated heterocycles. The predicted octanol–water partition coefficient (Wildman–Crippen LogP) is 3.69. The first kappa shape index (κ1) is 13.7. The number of benzene rings is 1. The highest BCUT2D eigenvalue weighted by Crippen LogP contribution is 2.30. The minimum Gasteiger partial charge on any atom is -0.398 e. The van der Waals surface area contributed by atoms with Gasteiger partial charge in [0, 0.05) is 30.4 Å². The molecule has 1 heterocycles. The molecule has 0 saturated carbocycles. The van der Waals surface area contributed by atoms with E-state index in [2.05, 4.69) is 43.8 Å². The summed E-state index contributed by atoms with van der Waals surface area (Å²) in [4.78, 5) is 6.80. The molecule has 0 bridgehead atoms. The van der Waals surface area contributed by atoms with Crippen molar-refractivity contribution in [2.75, 3.05) is 17.7 Å². The minimum atomic E-state index is 0.480. The van der Waals surface area contributed by atoms with E-state index in [4.69, 9.17) is 5.73 Å². The van der Waals surface area contributed by atoms with E-state index in [1.807, 2.05) is 24.4 Å². The number of nitrogen functional groups attached to an aromatic ring is 1.